The Labute approximate surface area is 87.6 Å². The molecule has 0 saturated heterocycles. The molecule has 0 aromatic heterocycles. The molecule has 0 aromatic rings. The minimum Gasteiger partial charge on any atom is -0.389 e. The van der Waals surface area contributed by atoms with Gasteiger partial charge in [0.1, 0.15) is 0 Å². The molecule has 1 aliphatic rings. The van der Waals surface area contributed by atoms with Crippen LogP contribution in [0.4, 0.5) is 0 Å². The van der Waals surface area contributed by atoms with E-state index in [1.165, 1.54) is 42.5 Å². The van der Waals surface area contributed by atoms with Crippen LogP contribution in [0.3, 0.4) is 0 Å². The highest BCUT2D eigenvalue weighted by Gasteiger charge is 2.13. The summed E-state index contributed by atoms with van der Waals surface area (Å²) in [5, 5.41) is 3.41. The Balaban J connectivity index is 2.93. The molecule has 0 spiro atoms. The van der Waals surface area contributed by atoms with E-state index < -0.39 is 0 Å². The van der Waals surface area contributed by atoms with Crippen LogP contribution in [-0.4, -0.2) is 6.54 Å². The summed E-state index contributed by atoms with van der Waals surface area (Å²) < 4.78 is 0. The summed E-state index contributed by atoms with van der Waals surface area (Å²) in [4.78, 5) is 0. The van der Waals surface area contributed by atoms with Crippen LogP contribution in [0.5, 0.6) is 0 Å². The average molecular weight is 191 g/mol. The summed E-state index contributed by atoms with van der Waals surface area (Å²) in [6, 6.07) is 0. The van der Waals surface area contributed by atoms with E-state index in [0.29, 0.717) is 0 Å². The van der Waals surface area contributed by atoms with Gasteiger partial charge in [0.2, 0.25) is 0 Å². The standard InChI is InChI=1S/C13H21N/c1-4-8-12-9-6-7-10-13(12)11(3)14-5-2/h4,14H,5-7,9-10H2,1-3H3/b13-11-. The minimum atomic E-state index is 1.01. The van der Waals surface area contributed by atoms with Crippen molar-refractivity contribution in [1.29, 1.82) is 0 Å². The number of allylic oxidation sites excluding steroid dienone is 3. The molecule has 1 N–H and O–H groups in total. The fourth-order valence-corrected chi connectivity index (χ4v) is 2.02. The Kier molecular flexibility index (Phi) is 4.55. The van der Waals surface area contributed by atoms with Crippen molar-refractivity contribution < 1.29 is 0 Å². The molecule has 0 bridgehead atoms. The zero-order valence-electron chi connectivity index (χ0n) is 9.61. The summed E-state index contributed by atoms with van der Waals surface area (Å²) in [6.45, 7) is 7.38. The molecule has 1 aliphatic carbocycles. The monoisotopic (exact) mass is 191 g/mol. The number of rotatable bonds is 2. The van der Waals surface area contributed by atoms with Crippen LogP contribution in [0.15, 0.2) is 28.7 Å². The molecule has 0 aliphatic heterocycles. The van der Waals surface area contributed by atoms with Crippen molar-refractivity contribution in [1.82, 2.24) is 5.32 Å². The molecule has 78 valence electrons. The Morgan fingerprint density at radius 3 is 2.79 bits per heavy atom. The molecule has 1 saturated carbocycles. The molecule has 1 rings (SSSR count). The summed E-state index contributed by atoms with van der Waals surface area (Å²) in [5.74, 6) is 0. The Morgan fingerprint density at radius 2 is 2.14 bits per heavy atom. The molecular formula is C13H21N. The van der Waals surface area contributed by atoms with Crippen molar-refractivity contribution in [2.75, 3.05) is 6.54 Å². The first kappa shape index (κ1) is 11.1. The molecule has 0 atom stereocenters. The normalized spacial score (nSPS) is 20.1. The van der Waals surface area contributed by atoms with Gasteiger partial charge in [0.15, 0.2) is 0 Å². The third-order valence-corrected chi connectivity index (χ3v) is 2.68. The summed E-state index contributed by atoms with van der Waals surface area (Å²) in [7, 11) is 0. The molecule has 0 aromatic carbocycles. The molecule has 0 unspecified atom stereocenters. The van der Waals surface area contributed by atoms with Gasteiger partial charge in [0.05, 0.1) is 0 Å². The topological polar surface area (TPSA) is 12.0 Å². The smallest absolute Gasteiger partial charge is 0.0116 e. The fourth-order valence-electron chi connectivity index (χ4n) is 2.02. The van der Waals surface area contributed by atoms with Crippen molar-refractivity contribution in [3.8, 4) is 0 Å². The van der Waals surface area contributed by atoms with Crippen LogP contribution in [0.2, 0.25) is 0 Å². The molecular weight excluding hydrogens is 170 g/mol. The summed E-state index contributed by atoms with van der Waals surface area (Å²) in [5.41, 5.74) is 7.62. The molecule has 0 radical (unpaired) electrons. The summed E-state index contributed by atoms with van der Waals surface area (Å²) >= 11 is 0. The maximum atomic E-state index is 3.41. The van der Waals surface area contributed by atoms with Crippen LogP contribution < -0.4 is 5.32 Å². The SMILES string of the molecule is CC=C=C1CCCC/C1=C(\C)NCC. The van der Waals surface area contributed by atoms with Gasteiger partial charge in [0.25, 0.3) is 0 Å². The Morgan fingerprint density at radius 1 is 1.43 bits per heavy atom. The van der Waals surface area contributed by atoms with Crippen molar-refractivity contribution in [3.63, 3.8) is 0 Å². The third-order valence-electron chi connectivity index (χ3n) is 2.68. The lowest BCUT2D eigenvalue weighted by Gasteiger charge is -2.19. The second-order valence-corrected chi connectivity index (χ2v) is 3.75. The van der Waals surface area contributed by atoms with Gasteiger partial charge in [-0.2, -0.15) is 0 Å². The van der Waals surface area contributed by atoms with Crippen molar-refractivity contribution >= 4 is 0 Å². The lowest BCUT2D eigenvalue weighted by molar-refractivity contribution is 0.663. The van der Waals surface area contributed by atoms with Gasteiger partial charge in [-0.15, -0.1) is 5.73 Å². The van der Waals surface area contributed by atoms with Gasteiger partial charge in [-0.25, -0.2) is 0 Å². The van der Waals surface area contributed by atoms with Gasteiger partial charge in [-0.3, -0.25) is 0 Å². The van der Waals surface area contributed by atoms with E-state index in [4.69, 9.17) is 0 Å². The number of hydrogen-bond donors (Lipinski definition) is 1. The van der Waals surface area contributed by atoms with Crippen LogP contribution in [-0.2, 0) is 0 Å². The second-order valence-electron chi connectivity index (χ2n) is 3.75. The van der Waals surface area contributed by atoms with E-state index in [0.717, 1.165) is 6.54 Å². The average Bonchev–Trinajstić information content (AvgIpc) is 2.19. The minimum absolute atomic E-state index is 1.01. The lowest BCUT2D eigenvalue weighted by Crippen LogP contribution is -2.14. The van der Waals surface area contributed by atoms with Gasteiger partial charge in [-0.1, -0.05) is 0 Å². The molecule has 1 fully saturated rings. The fraction of sp³-hybridized carbons (Fsp3) is 0.615. The third kappa shape index (κ3) is 2.78. The zero-order valence-corrected chi connectivity index (χ0v) is 9.61. The Hall–Kier alpha value is -0.940. The first-order chi connectivity index (χ1) is 6.79. The zero-order chi connectivity index (χ0) is 10.4. The van der Waals surface area contributed by atoms with E-state index in [2.05, 4.69) is 24.9 Å². The van der Waals surface area contributed by atoms with Crippen LogP contribution in [0.25, 0.3) is 0 Å². The first-order valence-electron chi connectivity index (χ1n) is 5.63. The molecule has 0 heterocycles. The van der Waals surface area contributed by atoms with E-state index in [-0.39, 0.29) is 0 Å². The van der Waals surface area contributed by atoms with E-state index in [9.17, 15) is 0 Å². The molecule has 14 heavy (non-hydrogen) atoms. The Bertz CT molecular complexity index is 278. The largest absolute Gasteiger partial charge is 0.389 e. The predicted octanol–water partition coefficient (Wildman–Crippen LogP) is 3.55. The van der Waals surface area contributed by atoms with Crippen molar-refractivity contribution in [2.45, 2.75) is 46.5 Å². The van der Waals surface area contributed by atoms with Crippen molar-refractivity contribution in [3.05, 3.63) is 28.7 Å². The first-order valence-corrected chi connectivity index (χ1v) is 5.63. The van der Waals surface area contributed by atoms with Gasteiger partial charge in [-0.05, 0) is 63.7 Å². The molecule has 1 heteroatoms. The lowest BCUT2D eigenvalue weighted by atomic mass is 9.89. The van der Waals surface area contributed by atoms with Crippen LogP contribution in [0, 0.1) is 0 Å². The summed E-state index contributed by atoms with van der Waals surface area (Å²) in [6.07, 6.45) is 7.09. The van der Waals surface area contributed by atoms with Crippen LogP contribution in [0.1, 0.15) is 46.5 Å². The molecule has 1 nitrogen and oxygen atoms in total. The number of hydrogen-bond acceptors (Lipinski definition) is 1. The van der Waals surface area contributed by atoms with Crippen molar-refractivity contribution in [2.24, 2.45) is 0 Å². The predicted molar refractivity (Wildman–Crippen MR) is 62.1 cm³/mol. The van der Waals surface area contributed by atoms with Gasteiger partial charge < -0.3 is 5.32 Å². The quantitative estimate of drug-likeness (QED) is 0.658. The highest BCUT2D eigenvalue weighted by Crippen LogP contribution is 2.29. The van der Waals surface area contributed by atoms with E-state index in [1.54, 1.807) is 0 Å². The molecule has 0 amide bonds. The number of nitrogens with one attached hydrogen (secondary N) is 1. The van der Waals surface area contributed by atoms with Gasteiger partial charge >= 0.3 is 0 Å². The maximum absolute atomic E-state index is 3.41. The highest BCUT2D eigenvalue weighted by atomic mass is 14.9. The van der Waals surface area contributed by atoms with E-state index >= 15 is 0 Å². The van der Waals surface area contributed by atoms with Crippen LogP contribution >= 0.6 is 0 Å². The van der Waals surface area contributed by atoms with Gasteiger partial charge in [0, 0.05) is 12.2 Å². The van der Waals surface area contributed by atoms with E-state index in [1.807, 2.05) is 13.0 Å². The highest BCUT2D eigenvalue weighted by molar-refractivity contribution is 5.35. The second kappa shape index (κ2) is 5.72. The maximum Gasteiger partial charge on any atom is 0.0116 e.